The maximum Gasteiger partial charge on any atom is 0.323 e. The molecule has 9 nitrogen and oxygen atoms in total. The third-order valence-electron chi connectivity index (χ3n) is 7.63. The number of amides is 1. The van der Waals surface area contributed by atoms with Crippen LogP contribution in [0.5, 0.6) is 5.75 Å². The largest absolute Gasteiger partial charge is 0.462 e. The van der Waals surface area contributed by atoms with Gasteiger partial charge in [0.1, 0.15) is 11.8 Å². The van der Waals surface area contributed by atoms with Crippen LogP contribution in [0.15, 0.2) is 119 Å². The molecule has 0 saturated carbocycles. The molecule has 0 fully saturated rings. The molecule has 2 N–H and O–H groups in total. The predicted octanol–water partition coefficient (Wildman–Crippen LogP) is 8.35. The third-order valence-corrected chi connectivity index (χ3v) is 11.7. The molecule has 0 aliphatic carbocycles. The molecule has 0 bridgehead atoms. The van der Waals surface area contributed by atoms with Gasteiger partial charge in [-0.25, -0.2) is 5.09 Å². The van der Waals surface area contributed by atoms with Crippen LogP contribution in [-0.4, -0.2) is 45.6 Å². The minimum atomic E-state index is -3.44. The fraction of sp³-hybridized carbons (Fsp3) is 0.158. The van der Waals surface area contributed by atoms with Crippen LogP contribution in [0.25, 0.3) is 33.8 Å². The number of nitrogens with one attached hydrogen (secondary N) is 2. The van der Waals surface area contributed by atoms with Crippen molar-refractivity contribution in [3.05, 3.63) is 126 Å². The minimum absolute atomic E-state index is 0.174. The Morgan fingerprint density at radius 2 is 1.66 bits per heavy atom. The summed E-state index contributed by atoms with van der Waals surface area (Å²) in [5.74, 6) is -0.0706. The van der Waals surface area contributed by atoms with Crippen LogP contribution in [0.2, 0.25) is 0 Å². The monoisotopic (exact) mass is 721 g/mol. The summed E-state index contributed by atoms with van der Waals surface area (Å²) in [5.41, 5.74) is 2.66. The molecule has 0 saturated heterocycles. The first-order valence-electron chi connectivity index (χ1n) is 16.0. The van der Waals surface area contributed by atoms with E-state index in [9.17, 15) is 9.59 Å². The van der Waals surface area contributed by atoms with Gasteiger partial charge in [0.05, 0.1) is 28.6 Å². The summed E-state index contributed by atoms with van der Waals surface area (Å²) in [4.78, 5) is 31.9. The Bertz CT molecular complexity index is 2250. The zero-order valence-corrected chi connectivity index (χ0v) is 30.5. The van der Waals surface area contributed by atoms with Crippen LogP contribution in [0, 0.1) is 0 Å². The number of aromatic nitrogens is 3. The Balaban J connectivity index is 1.52. The highest BCUT2D eigenvalue weighted by molar-refractivity contribution is 8.10. The molecule has 0 aliphatic rings. The smallest absolute Gasteiger partial charge is 0.323 e. The number of carbonyl (C=O) groups excluding carboxylic acids is 2. The normalized spacial score (nSPS) is 13.4. The Labute approximate surface area is 300 Å². The summed E-state index contributed by atoms with van der Waals surface area (Å²) in [6.45, 7) is 1.88. The van der Waals surface area contributed by atoms with Crippen LogP contribution in [0.1, 0.15) is 42.5 Å². The Morgan fingerprint density at radius 3 is 2.44 bits per heavy atom. The SMILES string of the molecule is CNC(=O)c1ccccc1Sc1ccc2c(/C=C/c3ccccn3)nn(P(=S)(N[C@@H](C)C(=O)OC(C)C)Oc3cccc4ccccc34)c2c1. The molecule has 0 radical (unpaired) electrons. The number of fused-ring (bicyclic) bond motifs is 2. The maximum absolute atomic E-state index is 13.2. The lowest BCUT2D eigenvalue weighted by atomic mass is 10.1. The van der Waals surface area contributed by atoms with E-state index in [4.69, 9.17) is 26.2 Å². The highest BCUT2D eigenvalue weighted by Crippen LogP contribution is 2.50. The van der Waals surface area contributed by atoms with Crippen LogP contribution in [0.4, 0.5) is 0 Å². The van der Waals surface area contributed by atoms with Crippen molar-refractivity contribution in [1.29, 1.82) is 0 Å². The van der Waals surface area contributed by atoms with Crippen LogP contribution >= 0.6 is 18.3 Å². The Hall–Kier alpha value is -4.80. The molecule has 0 aliphatic heterocycles. The molecule has 50 heavy (non-hydrogen) atoms. The van der Waals surface area contributed by atoms with Gasteiger partial charge in [0.25, 0.3) is 12.5 Å². The quantitative estimate of drug-likeness (QED) is 0.0953. The third kappa shape index (κ3) is 7.82. The highest BCUT2D eigenvalue weighted by atomic mass is 32.5. The van der Waals surface area contributed by atoms with Gasteiger partial charge >= 0.3 is 5.97 Å². The van der Waals surface area contributed by atoms with E-state index in [1.54, 1.807) is 44.5 Å². The van der Waals surface area contributed by atoms with E-state index >= 15 is 0 Å². The summed E-state index contributed by atoms with van der Waals surface area (Å²) in [5, 5.41) is 13.8. The molecule has 2 heterocycles. The number of carbonyl (C=O) groups is 2. The molecule has 2 atom stereocenters. The summed E-state index contributed by atoms with van der Waals surface area (Å²) < 4.78 is 14.1. The fourth-order valence-corrected chi connectivity index (χ4v) is 9.28. The number of esters is 1. The number of ether oxygens (including phenoxy) is 1. The van der Waals surface area contributed by atoms with Gasteiger partial charge in [-0.3, -0.25) is 14.6 Å². The number of benzene rings is 4. The summed E-state index contributed by atoms with van der Waals surface area (Å²) in [7, 11) is 1.61. The molecule has 12 heteroatoms. The number of hydrogen-bond donors (Lipinski definition) is 2. The molecule has 0 spiro atoms. The van der Waals surface area contributed by atoms with Gasteiger partial charge in [0.2, 0.25) is 0 Å². The lowest BCUT2D eigenvalue weighted by Gasteiger charge is -2.28. The van der Waals surface area contributed by atoms with Crippen molar-refractivity contribution in [2.75, 3.05) is 7.05 Å². The second-order valence-corrected chi connectivity index (χ2v) is 16.1. The molecule has 254 valence electrons. The second-order valence-electron chi connectivity index (χ2n) is 11.6. The van der Waals surface area contributed by atoms with Gasteiger partial charge in [-0.15, -0.1) is 0 Å². The fourth-order valence-electron chi connectivity index (χ4n) is 5.29. The average molecular weight is 722 g/mol. The van der Waals surface area contributed by atoms with Gasteiger partial charge in [-0.2, -0.15) is 9.55 Å². The molecule has 6 rings (SSSR count). The number of nitrogens with zero attached hydrogens (tertiary/aromatic N) is 3. The van der Waals surface area contributed by atoms with Crippen molar-refractivity contribution in [3.63, 3.8) is 0 Å². The lowest BCUT2D eigenvalue weighted by Crippen LogP contribution is -2.37. The predicted molar refractivity (Wildman–Crippen MR) is 205 cm³/mol. The van der Waals surface area contributed by atoms with Crippen molar-refractivity contribution in [2.45, 2.75) is 42.7 Å². The van der Waals surface area contributed by atoms with Gasteiger partial charge in [0, 0.05) is 33.8 Å². The van der Waals surface area contributed by atoms with Crippen LogP contribution in [0.3, 0.4) is 0 Å². The molecule has 1 amide bonds. The molecule has 6 aromatic rings. The zero-order chi connectivity index (χ0) is 35.3. The van der Waals surface area contributed by atoms with E-state index in [0.717, 1.165) is 31.6 Å². The van der Waals surface area contributed by atoms with E-state index in [1.165, 1.54) is 11.8 Å². The van der Waals surface area contributed by atoms with Crippen molar-refractivity contribution < 1.29 is 18.8 Å². The molecule has 4 aromatic carbocycles. The topological polar surface area (TPSA) is 107 Å². The Morgan fingerprint density at radius 1 is 0.900 bits per heavy atom. The van der Waals surface area contributed by atoms with Crippen LogP contribution < -0.4 is 14.9 Å². The first-order chi connectivity index (χ1) is 24.1. The first-order valence-corrected chi connectivity index (χ1v) is 19.5. The molecule has 1 unspecified atom stereocenters. The summed E-state index contributed by atoms with van der Waals surface area (Å²) in [6.07, 6.45) is 5.20. The van der Waals surface area contributed by atoms with Gasteiger partial charge in [-0.1, -0.05) is 66.4 Å². The van der Waals surface area contributed by atoms with E-state index in [1.807, 2.05) is 109 Å². The van der Waals surface area contributed by atoms with Crippen molar-refractivity contribution in [1.82, 2.24) is 24.9 Å². The molecular formula is C38H36N5O4PS2. The molecule has 2 aromatic heterocycles. The van der Waals surface area contributed by atoms with Crippen molar-refractivity contribution in [2.24, 2.45) is 0 Å². The van der Waals surface area contributed by atoms with Crippen molar-refractivity contribution >= 4 is 75.8 Å². The summed E-state index contributed by atoms with van der Waals surface area (Å²) in [6, 6.07) is 31.9. The highest BCUT2D eigenvalue weighted by Gasteiger charge is 2.32. The van der Waals surface area contributed by atoms with E-state index in [-0.39, 0.29) is 12.0 Å². The van der Waals surface area contributed by atoms with E-state index in [2.05, 4.69) is 15.4 Å². The average Bonchev–Trinajstić information content (AvgIpc) is 3.49. The zero-order valence-electron chi connectivity index (χ0n) is 27.9. The second kappa shape index (κ2) is 15.4. The minimum Gasteiger partial charge on any atom is -0.462 e. The van der Waals surface area contributed by atoms with Crippen molar-refractivity contribution in [3.8, 4) is 5.75 Å². The van der Waals surface area contributed by atoms with Gasteiger partial charge < -0.3 is 14.6 Å². The Kier molecular flexibility index (Phi) is 10.8. The van der Waals surface area contributed by atoms with E-state index in [0.29, 0.717) is 22.5 Å². The first kappa shape index (κ1) is 35.0. The standard InChI is InChI=1S/C38H36N5O4PS2/c1-25(2)46-38(45)26(3)42-48(49,47-35-17-11-13-27-12-5-6-15-30(27)35)43-34-24-29(50-36-18-8-7-16-32(36)37(44)39-4)20-21-31(34)33(41-43)22-19-28-14-9-10-23-40-28/h5-26H,1-4H3,(H,39,44)(H,42,49)/b22-19+/t26-,48?/m0/s1. The maximum atomic E-state index is 13.2. The number of rotatable bonds is 12. The number of hydrogen-bond acceptors (Lipinski definition) is 8. The van der Waals surface area contributed by atoms with Gasteiger partial charge in [-0.05, 0) is 98.6 Å². The molecular weight excluding hydrogens is 686 g/mol. The number of pyridine rings is 1. The van der Waals surface area contributed by atoms with E-state index < -0.39 is 18.6 Å². The summed E-state index contributed by atoms with van der Waals surface area (Å²) >= 11 is 7.91. The van der Waals surface area contributed by atoms with Crippen LogP contribution in [-0.2, 0) is 21.3 Å². The lowest BCUT2D eigenvalue weighted by molar-refractivity contribution is -0.148. The van der Waals surface area contributed by atoms with Gasteiger partial charge in [0.15, 0.2) is 0 Å².